The van der Waals surface area contributed by atoms with Crippen LogP contribution in [0.3, 0.4) is 0 Å². The molecule has 0 spiro atoms. The highest BCUT2D eigenvalue weighted by atomic mass is 16.5. The molecule has 116 valence electrons. The number of aromatic nitrogens is 3. The Balaban J connectivity index is 1.74. The number of pyridine rings is 1. The molecule has 1 fully saturated rings. The normalized spacial score (nSPS) is 17.6. The molecule has 0 amide bonds. The summed E-state index contributed by atoms with van der Waals surface area (Å²) < 4.78 is 11.3. The van der Waals surface area contributed by atoms with Gasteiger partial charge in [0.15, 0.2) is 0 Å². The van der Waals surface area contributed by atoms with Gasteiger partial charge in [-0.2, -0.15) is 4.98 Å². The molecule has 3 heterocycles. The average Bonchev–Trinajstić information content (AvgIpc) is 2.98. The first-order valence-electron chi connectivity index (χ1n) is 7.38. The first-order chi connectivity index (χ1) is 10.7. The van der Waals surface area contributed by atoms with Gasteiger partial charge in [-0.05, 0) is 26.0 Å². The third-order valence-corrected chi connectivity index (χ3v) is 3.78. The van der Waals surface area contributed by atoms with Crippen LogP contribution in [0.5, 0.6) is 11.6 Å². The van der Waals surface area contributed by atoms with Crippen LogP contribution in [0.4, 0.5) is 5.82 Å². The maximum Gasteiger partial charge on any atom is 0.221 e. The molecule has 1 atom stereocenters. The van der Waals surface area contributed by atoms with Gasteiger partial charge in [-0.25, -0.2) is 4.98 Å². The maximum atomic E-state index is 6.00. The Hall–Kier alpha value is -2.37. The largest absolute Gasteiger partial charge is 0.488 e. The van der Waals surface area contributed by atoms with Crippen LogP contribution in [-0.2, 0) is 0 Å². The van der Waals surface area contributed by atoms with Crippen LogP contribution in [0.15, 0.2) is 24.5 Å². The van der Waals surface area contributed by atoms with E-state index in [1.54, 1.807) is 19.5 Å². The summed E-state index contributed by atoms with van der Waals surface area (Å²) in [7, 11) is 1.64. The van der Waals surface area contributed by atoms with E-state index >= 15 is 0 Å². The maximum absolute atomic E-state index is 6.00. The van der Waals surface area contributed by atoms with Crippen LogP contribution in [0, 0.1) is 13.8 Å². The smallest absolute Gasteiger partial charge is 0.221 e. The van der Waals surface area contributed by atoms with Gasteiger partial charge in [-0.15, -0.1) is 0 Å². The number of nitrogens with zero attached hydrogens (tertiary/aromatic N) is 4. The Morgan fingerprint density at radius 3 is 2.68 bits per heavy atom. The highest BCUT2D eigenvalue weighted by molar-refractivity contribution is 5.51. The van der Waals surface area contributed by atoms with Gasteiger partial charge in [0.2, 0.25) is 5.88 Å². The lowest BCUT2D eigenvalue weighted by atomic mass is 10.3. The third-order valence-electron chi connectivity index (χ3n) is 3.78. The molecule has 2 aromatic rings. The minimum atomic E-state index is 0.156. The van der Waals surface area contributed by atoms with E-state index in [0.717, 1.165) is 42.5 Å². The SMILES string of the molecule is COc1nc(C)nc(N2CCC(Oc3ccncc3)C2)c1C. The van der Waals surface area contributed by atoms with Crippen molar-refractivity contribution in [3.8, 4) is 11.6 Å². The third kappa shape index (κ3) is 2.95. The van der Waals surface area contributed by atoms with Crippen LogP contribution in [0.25, 0.3) is 0 Å². The predicted octanol–water partition coefficient (Wildman–Crippen LogP) is 2.15. The summed E-state index contributed by atoms with van der Waals surface area (Å²) in [6.45, 7) is 5.59. The summed E-state index contributed by atoms with van der Waals surface area (Å²) in [5.74, 6) is 3.15. The molecule has 1 saturated heterocycles. The van der Waals surface area contributed by atoms with Crippen LogP contribution < -0.4 is 14.4 Å². The molecule has 2 aromatic heterocycles. The lowest BCUT2D eigenvalue weighted by Crippen LogP contribution is -2.26. The molecular weight excluding hydrogens is 280 g/mol. The van der Waals surface area contributed by atoms with E-state index < -0.39 is 0 Å². The molecule has 0 saturated carbocycles. The molecule has 0 radical (unpaired) electrons. The van der Waals surface area contributed by atoms with Gasteiger partial charge in [-0.1, -0.05) is 0 Å². The minimum absolute atomic E-state index is 0.156. The quantitative estimate of drug-likeness (QED) is 0.862. The van der Waals surface area contributed by atoms with E-state index in [2.05, 4.69) is 19.9 Å². The number of ether oxygens (including phenoxy) is 2. The molecule has 0 aliphatic carbocycles. The van der Waals surface area contributed by atoms with Gasteiger partial charge in [-0.3, -0.25) is 4.98 Å². The van der Waals surface area contributed by atoms with E-state index in [4.69, 9.17) is 9.47 Å². The highest BCUT2D eigenvalue weighted by Crippen LogP contribution is 2.28. The topological polar surface area (TPSA) is 60.4 Å². The van der Waals surface area contributed by atoms with Crippen LogP contribution in [0.2, 0.25) is 0 Å². The fourth-order valence-corrected chi connectivity index (χ4v) is 2.72. The van der Waals surface area contributed by atoms with Crippen molar-refractivity contribution in [2.24, 2.45) is 0 Å². The zero-order valence-electron chi connectivity index (χ0n) is 13.1. The molecule has 3 rings (SSSR count). The van der Waals surface area contributed by atoms with Gasteiger partial charge in [0, 0.05) is 25.4 Å². The molecule has 22 heavy (non-hydrogen) atoms. The monoisotopic (exact) mass is 300 g/mol. The van der Waals surface area contributed by atoms with Gasteiger partial charge >= 0.3 is 0 Å². The van der Waals surface area contributed by atoms with Crippen molar-refractivity contribution in [2.75, 3.05) is 25.1 Å². The molecule has 0 aromatic carbocycles. The summed E-state index contributed by atoms with van der Waals surface area (Å²) in [6, 6.07) is 3.76. The molecule has 1 unspecified atom stereocenters. The number of anilines is 1. The standard InChI is InChI=1S/C16H20N4O2/c1-11-15(18-12(2)19-16(11)21-3)20-9-6-14(10-20)22-13-4-7-17-8-5-13/h4-5,7-8,14H,6,9-10H2,1-3H3. The second-order valence-electron chi connectivity index (χ2n) is 5.39. The summed E-state index contributed by atoms with van der Waals surface area (Å²) >= 11 is 0. The van der Waals surface area contributed by atoms with Crippen molar-refractivity contribution in [1.29, 1.82) is 0 Å². The van der Waals surface area contributed by atoms with Gasteiger partial charge < -0.3 is 14.4 Å². The van der Waals surface area contributed by atoms with E-state index in [0.29, 0.717) is 5.88 Å². The van der Waals surface area contributed by atoms with E-state index in [-0.39, 0.29) is 6.10 Å². The fraction of sp³-hybridized carbons (Fsp3) is 0.438. The number of rotatable bonds is 4. The molecule has 6 heteroatoms. The molecule has 6 nitrogen and oxygen atoms in total. The number of hydrogen-bond donors (Lipinski definition) is 0. The van der Waals surface area contributed by atoms with Crippen LogP contribution in [0.1, 0.15) is 17.8 Å². The molecule has 0 bridgehead atoms. The van der Waals surface area contributed by atoms with Crippen molar-refractivity contribution < 1.29 is 9.47 Å². The Labute approximate surface area is 130 Å². The molecule has 0 N–H and O–H groups in total. The Morgan fingerprint density at radius 2 is 1.95 bits per heavy atom. The molecule has 1 aliphatic heterocycles. The highest BCUT2D eigenvalue weighted by Gasteiger charge is 2.27. The van der Waals surface area contributed by atoms with E-state index in [9.17, 15) is 0 Å². The second kappa shape index (κ2) is 6.17. The Kier molecular flexibility index (Phi) is 4.09. The Bertz CT molecular complexity index is 648. The molecule has 1 aliphatic rings. The summed E-state index contributed by atoms with van der Waals surface area (Å²) in [6.07, 6.45) is 4.60. The van der Waals surface area contributed by atoms with Crippen molar-refractivity contribution >= 4 is 5.82 Å². The van der Waals surface area contributed by atoms with Crippen molar-refractivity contribution in [3.63, 3.8) is 0 Å². The Morgan fingerprint density at radius 1 is 1.18 bits per heavy atom. The summed E-state index contributed by atoms with van der Waals surface area (Å²) in [5.41, 5.74) is 0.970. The van der Waals surface area contributed by atoms with E-state index in [1.807, 2.05) is 26.0 Å². The van der Waals surface area contributed by atoms with Crippen LogP contribution >= 0.6 is 0 Å². The zero-order valence-corrected chi connectivity index (χ0v) is 13.1. The van der Waals surface area contributed by atoms with E-state index in [1.165, 1.54) is 0 Å². The predicted molar refractivity (Wildman–Crippen MR) is 83.5 cm³/mol. The number of methoxy groups -OCH3 is 1. The van der Waals surface area contributed by atoms with Crippen molar-refractivity contribution in [3.05, 3.63) is 35.9 Å². The lowest BCUT2D eigenvalue weighted by Gasteiger charge is -2.21. The number of aryl methyl sites for hydroxylation is 1. The van der Waals surface area contributed by atoms with Gasteiger partial charge in [0.05, 0.1) is 19.2 Å². The lowest BCUT2D eigenvalue weighted by molar-refractivity contribution is 0.224. The number of hydrogen-bond acceptors (Lipinski definition) is 6. The molecular formula is C16H20N4O2. The second-order valence-corrected chi connectivity index (χ2v) is 5.39. The average molecular weight is 300 g/mol. The first-order valence-corrected chi connectivity index (χ1v) is 7.38. The summed E-state index contributed by atoms with van der Waals surface area (Å²) in [5, 5.41) is 0. The van der Waals surface area contributed by atoms with Crippen molar-refractivity contribution in [1.82, 2.24) is 15.0 Å². The van der Waals surface area contributed by atoms with Crippen LogP contribution in [-0.4, -0.2) is 41.3 Å². The fourth-order valence-electron chi connectivity index (χ4n) is 2.72. The first kappa shape index (κ1) is 14.6. The van der Waals surface area contributed by atoms with Gasteiger partial charge in [0.1, 0.15) is 23.5 Å². The summed E-state index contributed by atoms with van der Waals surface area (Å²) in [4.78, 5) is 15.1. The zero-order chi connectivity index (χ0) is 15.5. The van der Waals surface area contributed by atoms with Crippen molar-refractivity contribution in [2.45, 2.75) is 26.4 Å². The van der Waals surface area contributed by atoms with Gasteiger partial charge in [0.25, 0.3) is 0 Å². The minimum Gasteiger partial charge on any atom is -0.488 e.